The minimum Gasteiger partial charge on any atom is -0.467 e. The van der Waals surface area contributed by atoms with E-state index in [0.29, 0.717) is 19.7 Å². The molecule has 1 aromatic carbocycles. The molecule has 0 saturated carbocycles. The van der Waals surface area contributed by atoms with Gasteiger partial charge in [-0.2, -0.15) is 0 Å². The number of hydrogen-bond acceptors (Lipinski definition) is 3. The second-order valence-electron chi connectivity index (χ2n) is 4.37. The van der Waals surface area contributed by atoms with Crippen molar-refractivity contribution in [3.63, 3.8) is 0 Å². The van der Waals surface area contributed by atoms with Crippen LogP contribution in [0.2, 0.25) is 0 Å². The molecule has 0 saturated heterocycles. The molecule has 0 aliphatic carbocycles. The van der Waals surface area contributed by atoms with E-state index in [0.717, 1.165) is 16.9 Å². The van der Waals surface area contributed by atoms with E-state index in [1.165, 1.54) is 0 Å². The zero-order valence-corrected chi connectivity index (χ0v) is 11.4. The predicted octanol–water partition coefficient (Wildman–Crippen LogP) is 2.43. The first-order valence-electron chi connectivity index (χ1n) is 6.39. The first kappa shape index (κ1) is 14.1. The van der Waals surface area contributed by atoms with Gasteiger partial charge in [0.1, 0.15) is 5.76 Å². The second kappa shape index (κ2) is 7.35. The molecule has 1 aromatic heterocycles. The first-order chi connectivity index (χ1) is 9.78. The molecule has 0 atom stereocenters. The lowest BCUT2D eigenvalue weighted by Gasteiger charge is -2.08. The third-order valence-corrected chi connectivity index (χ3v) is 2.76. The van der Waals surface area contributed by atoms with Crippen LogP contribution in [0, 0.1) is 0 Å². The fourth-order valence-corrected chi connectivity index (χ4v) is 1.82. The molecular formula is C15H18N2O3. The Morgan fingerprint density at radius 3 is 2.70 bits per heavy atom. The Labute approximate surface area is 117 Å². The number of urea groups is 1. The highest BCUT2D eigenvalue weighted by atomic mass is 16.5. The number of benzene rings is 1. The van der Waals surface area contributed by atoms with Crippen LogP contribution < -0.4 is 10.6 Å². The number of carbonyl (C=O) groups excluding carboxylic acids is 1. The van der Waals surface area contributed by atoms with Gasteiger partial charge >= 0.3 is 6.03 Å². The molecule has 0 spiro atoms. The van der Waals surface area contributed by atoms with E-state index in [2.05, 4.69) is 10.6 Å². The maximum atomic E-state index is 11.6. The number of ether oxygens (including phenoxy) is 1. The number of rotatable bonds is 6. The third kappa shape index (κ3) is 4.44. The Bertz CT molecular complexity index is 538. The lowest BCUT2D eigenvalue weighted by Crippen LogP contribution is -2.34. The normalized spacial score (nSPS) is 10.2. The van der Waals surface area contributed by atoms with E-state index in [-0.39, 0.29) is 6.03 Å². The molecule has 5 heteroatoms. The van der Waals surface area contributed by atoms with Crippen molar-refractivity contribution >= 4 is 6.03 Å². The monoisotopic (exact) mass is 274 g/mol. The summed E-state index contributed by atoms with van der Waals surface area (Å²) in [4.78, 5) is 11.6. The van der Waals surface area contributed by atoms with Crippen LogP contribution in [0.25, 0.3) is 0 Å². The molecular weight excluding hydrogens is 256 g/mol. The van der Waals surface area contributed by atoms with Gasteiger partial charge in [0.15, 0.2) is 0 Å². The van der Waals surface area contributed by atoms with E-state index in [1.54, 1.807) is 19.4 Å². The van der Waals surface area contributed by atoms with E-state index >= 15 is 0 Å². The summed E-state index contributed by atoms with van der Waals surface area (Å²) in [5.41, 5.74) is 2.12. The summed E-state index contributed by atoms with van der Waals surface area (Å²) in [5, 5.41) is 5.52. The van der Waals surface area contributed by atoms with Gasteiger partial charge in [0, 0.05) is 13.7 Å². The zero-order valence-electron chi connectivity index (χ0n) is 11.4. The average Bonchev–Trinajstić information content (AvgIpc) is 2.97. The summed E-state index contributed by atoms with van der Waals surface area (Å²) < 4.78 is 10.2. The molecule has 0 aliphatic heterocycles. The van der Waals surface area contributed by atoms with Gasteiger partial charge in [-0.15, -0.1) is 0 Å². The standard InChI is InChI=1S/C15H18N2O3/c1-19-11-13-5-2-4-12(8-13)9-16-15(18)17-10-14-6-3-7-20-14/h2-8H,9-11H2,1H3,(H2,16,17,18). The van der Waals surface area contributed by atoms with E-state index < -0.39 is 0 Å². The van der Waals surface area contributed by atoms with E-state index in [4.69, 9.17) is 9.15 Å². The molecule has 5 nitrogen and oxygen atoms in total. The minimum atomic E-state index is -0.224. The summed E-state index contributed by atoms with van der Waals surface area (Å²) in [5.74, 6) is 0.724. The van der Waals surface area contributed by atoms with Gasteiger partial charge in [-0.1, -0.05) is 24.3 Å². The quantitative estimate of drug-likeness (QED) is 0.850. The van der Waals surface area contributed by atoms with Crippen molar-refractivity contribution in [1.29, 1.82) is 0 Å². The van der Waals surface area contributed by atoms with Crippen LogP contribution in [-0.2, 0) is 24.4 Å². The molecule has 2 rings (SSSR count). The van der Waals surface area contributed by atoms with Gasteiger partial charge in [0.25, 0.3) is 0 Å². The van der Waals surface area contributed by atoms with Crippen LogP contribution in [0.5, 0.6) is 0 Å². The molecule has 2 aromatic rings. The van der Waals surface area contributed by atoms with Crippen molar-refractivity contribution in [2.45, 2.75) is 19.7 Å². The fraction of sp³-hybridized carbons (Fsp3) is 0.267. The Balaban J connectivity index is 1.76. The molecule has 106 valence electrons. The summed E-state index contributed by atoms with van der Waals surface area (Å²) >= 11 is 0. The topological polar surface area (TPSA) is 63.5 Å². The highest BCUT2D eigenvalue weighted by Crippen LogP contribution is 2.06. The van der Waals surface area contributed by atoms with Gasteiger partial charge in [0.05, 0.1) is 19.4 Å². The summed E-state index contributed by atoms with van der Waals surface area (Å²) in [7, 11) is 1.66. The number of methoxy groups -OCH3 is 1. The molecule has 0 radical (unpaired) electrons. The number of nitrogens with one attached hydrogen (secondary N) is 2. The maximum absolute atomic E-state index is 11.6. The van der Waals surface area contributed by atoms with Gasteiger partial charge in [0.2, 0.25) is 0 Å². The van der Waals surface area contributed by atoms with E-state index in [1.807, 2.05) is 30.3 Å². The van der Waals surface area contributed by atoms with Crippen molar-refractivity contribution < 1.29 is 13.9 Å². The van der Waals surface area contributed by atoms with E-state index in [9.17, 15) is 4.79 Å². The largest absolute Gasteiger partial charge is 0.467 e. The van der Waals surface area contributed by atoms with Gasteiger partial charge in [-0.05, 0) is 23.3 Å². The van der Waals surface area contributed by atoms with Crippen LogP contribution in [0.4, 0.5) is 4.79 Å². The molecule has 2 N–H and O–H groups in total. The van der Waals surface area contributed by atoms with Crippen molar-refractivity contribution in [3.05, 3.63) is 59.5 Å². The average molecular weight is 274 g/mol. The molecule has 0 bridgehead atoms. The predicted molar refractivity (Wildman–Crippen MR) is 74.9 cm³/mol. The highest BCUT2D eigenvalue weighted by molar-refractivity contribution is 5.73. The minimum absolute atomic E-state index is 0.224. The van der Waals surface area contributed by atoms with Crippen LogP contribution in [0.15, 0.2) is 47.1 Å². The van der Waals surface area contributed by atoms with Gasteiger partial charge < -0.3 is 19.8 Å². The van der Waals surface area contributed by atoms with Crippen LogP contribution >= 0.6 is 0 Å². The van der Waals surface area contributed by atoms with Crippen molar-refractivity contribution in [2.24, 2.45) is 0 Å². The Morgan fingerprint density at radius 1 is 1.15 bits per heavy atom. The summed E-state index contributed by atoms with van der Waals surface area (Å²) in [6.45, 7) is 1.42. The number of hydrogen-bond donors (Lipinski definition) is 2. The van der Waals surface area contributed by atoms with Gasteiger partial charge in [-0.25, -0.2) is 4.79 Å². The Kier molecular flexibility index (Phi) is 5.20. The van der Waals surface area contributed by atoms with Crippen LogP contribution in [0.3, 0.4) is 0 Å². The smallest absolute Gasteiger partial charge is 0.315 e. The molecule has 0 fully saturated rings. The Hall–Kier alpha value is -2.27. The maximum Gasteiger partial charge on any atom is 0.315 e. The molecule has 1 heterocycles. The second-order valence-corrected chi connectivity index (χ2v) is 4.37. The Morgan fingerprint density at radius 2 is 1.95 bits per heavy atom. The first-order valence-corrected chi connectivity index (χ1v) is 6.39. The highest BCUT2D eigenvalue weighted by Gasteiger charge is 2.02. The lowest BCUT2D eigenvalue weighted by molar-refractivity contribution is 0.185. The summed E-state index contributed by atoms with van der Waals surface area (Å²) in [6.07, 6.45) is 1.58. The third-order valence-electron chi connectivity index (χ3n) is 2.76. The zero-order chi connectivity index (χ0) is 14.2. The molecule has 2 amide bonds. The molecule has 0 aliphatic rings. The van der Waals surface area contributed by atoms with Crippen molar-refractivity contribution in [3.8, 4) is 0 Å². The SMILES string of the molecule is COCc1cccc(CNC(=O)NCc2ccco2)c1. The van der Waals surface area contributed by atoms with Crippen LogP contribution in [0.1, 0.15) is 16.9 Å². The molecule has 20 heavy (non-hydrogen) atoms. The van der Waals surface area contributed by atoms with Crippen LogP contribution in [-0.4, -0.2) is 13.1 Å². The lowest BCUT2D eigenvalue weighted by atomic mass is 10.1. The number of furan rings is 1. The van der Waals surface area contributed by atoms with Gasteiger partial charge in [-0.3, -0.25) is 0 Å². The fourth-order valence-electron chi connectivity index (χ4n) is 1.82. The van der Waals surface area contributed by atoms with Crippen molar-refractivity contribution in [2.75, 3.05) is 7.11 Å². The summed E-state index contributed by atoms with van der Waals surface area (Å²) in [6, 6.07) is 11.3. The molecule has 0 unspecified atom stereocenters. The number of amides is 2. The van der Waals surface area contributed by atoms with Crippen molar-refractivity contribution in [1.82, 2.24) is 10.6 Å². The number of carbonyl (C=O) groups is 1.